The van der Waals surface area contributed by atoms with Crippen LogP contribution in [0.1, 0.15) is 0 Å². The molecule has 7 aromatic carbocycles. The van der Waals surface area contributed by atoms with E-state index in [1.165, 1.54) is 25.7 Å². The molecule has 55 heavy (non-hydrogen) atoms. The molecule has 0 unspecified atom stereocenters. The van der Waals surface area contributed by atoms with E-state index in [1.807, 2.05) is 90.2 Å². The highest BCUT2D eigenvalue weighted by Crippen LogP contribution is 2.37. The van der Waals surface area contributed by atoms with Crippen LogP contribution in [0.5, 0.6) is 0 Å². The van der Waals surface area contributed by atoms with E-state index in [-0.39, 0.29) is 0 Å². The molecule has 0 N–H and O–H groups in total. The normalized spacial score (nSPS) is 11.3. The van der Waals surface area contributed by atoms with E-state index in [4.69, 9.17) is 24.9 Å². The number of aromatic nitrogens is 5. The van der Waals surface area contributed by atoms with Gasteiger partial charge in [0, 0.05) is 53.6 Å². The van der Waals surface area contributed by atoms with Crippen molar-refractivity contribution in [3.05, 3.63) is 188 Å². The number of hydrogen-bond acceptors (Lipinski definition) is 6. The Morgan fingerprint density at radius 2 is 0.691 bits per heavy atom. The number of nitrogens with zero attached hydrogens (tertiary/aromatic N) is 5. The van der Waals surface area contributed by atoms with Crippen LogP contribution in [0.4, 0.5) is 0 Å². The smallest absolute Gasteiger partial charge is 0.164 e. The summed E-state index contributed by atoms with van der Waals surface area (Å²) in [6, 6.07) is 64.6. The average Bonchev–Trinajstić information content (AvgIpc) is 3.65. The van der Waals surface area contributed by atoms with Crippen molar-refractivity contribution >= 4 is 31.5 Å². The molecule has 3 aromatic heterocycles. The first kappa shape index (κ1) is 32.5. The van der Waals surface area contributed by atoms with Gasteiger partial charge in [0.15, 0.2) is 23.3 Å². The number of fused-ring (bicyclic) bond motifs is 3. The molecular formula is C49H31N5S. The average molecular weight is 722 g/mol. The first-order valence-electron chi connectivity index (χ1n) is 18.2. The minimum Gasteiger partial charge on any atom is -0.228 e. The molecule has 258 valence electrons. The van der Waals surface area contributed by atoms with Crippen LogP contribution >= 0.6 is 11.3 Å². The molecule has 0 radical (unpaired) electrons. The Morgan fingerprint density at radius 3 is 1.33 bits per heavy atom. The van der Waals surface area contributed by atoms with Gasteiger partial charge < -0.3 is 0 Å². The van der Waals surface area contributed by atoms with Gasteiger partial charge in [-0.25, -0.2) is 24.9 Å². The number of thiophene rings is 1. The van der Waals surface area contributed by atoms with Crippen molar-refractivity contribution < 1.29 is 0 Å². The summed E-state index contributed by atoms with van der Waals surface area (Å²) in [6.07, 6.45) is 0. The van der Waals surface area contributed by atoms with E-state index in [9.17, 15) is 0 Å². The van der Waals surface area contributed by atoms with E-state index in [0.29, 0.717) is 23.3 Å². The second-order valence-corrected chi connectivity index (χ2v) is 14.4. The van der Waals surface area contributed by atoms with Crippen molar-refractivity contribution in [1.29, 1.82) is 0 Å². The lowest BCUT2D eigenvalue weighted by molar-refractivity contribution is 1.07. The fourth-order valence-corrected chi connectivity index (χ4v) is 8.10. The van der Waals surface area contributed by atoms with Crippen LogP contribution in [-0.4, -0.2) is 24.9 Å². The molecular weight excluding hydrogens is 691 g/mol. The molecule has 0 amide bonds. The van der Waals surface area contributed by atoms with Crippen molar-refractivity contribution in [3.63, 3.8) is 0 Å². The highest BCUT2D eigenvalue weighted by atomic mass is 32.1. The summed E-state index contributed by atoms with van der Waals surface area (Å²) in [4.78, 5) is 25.3. The molecule has 0 spiro atoms. The van der Waals surface area contributed by atoms with Crippen LogP contribution in [0.15, 0.2) is 188 Å². The lowest BCUT2D eigenvalue weighted by Crippen LogP contribution is -2.00. The molecule has 0 aliphatic carbocycles. The molecule has 10 aromatic rings. The summed E-state index contributed by atoms with van der Waals surface area (Å²) in [5, 5.41) is 2.53. The van der Waals surface area contributed by atoms with E-state index in [1.54, 1.807) is 0 Å². The van der Waals surface area contributed by atoms with E-state index < -0.39 is 0 Å². The fraction of sp³-hybridized carbons (Fsp3) is 0. The van der Waals surface area contributed by atoms with Crippen LogP contribution in [-0.2, 0) is 0 Å². The van der Waals surface area contributed by atoms with Gasteiger partial charge in [-0.2, -0.15) is 0 Å². The standard InChI is InChI=1S/C49H31N5S/c1-4-13-32(14-5-1)33-23-25-34(26-24-33)42-31-43(37-27-28-41-40-21-10-11-22-44(40)55-45(41)30-37)51-48(50-42)38-19-12-20-39(29-38)49-53-46(35-15-6-2-7-16-35)52-47(54-49)36-17-8-3-9-18-36/h1-31H. The molecule has 0 saturated carbocycles. The molecule has 0 aliphatic heterocycles. The van der Waals surface area contributed by atoms with Gasteiger partial charge in [-0.05, 0) is 35.4 Å². The Hall–Kier alpha value is -7.15. The van der Waals surface area contributed by atoms with Gasteiger partial charge in [-0.1, -0.05) is 164 Å². The predicted molar refractivity (Wildman–Crippen MR) is 226 cm³/mol. The minimum atomic E-state index is 0.581. The molecule has 6 heteroatoms. The van der Waals surface area contributed by atoms with E-state index >= 15 is 0 Å². The molecule has 0 bridgehead atoms. The molecule has 0 fully saturated rings. The Kier molecular flexibility index (Phi) is 8.28. The van der Waals surface area contributed by atoms with Gasteiger partial charge in [0.25, 0.3) is 0 Å². The Morgan fingerprint density at radius 1 is 0.255 bits per heavy atom. The Labute approximate surface area is 322 Å². The molecule has 10 rings (SSSR count). The highest BCUT2D eigenvalue weighted by Gasteiger charge is 2.16. The third-order valence-corrected chi connectivity index (χ3v) is 10.9. The maximum atomic E-state index is 5.23. The maximum Gasteiger partial charge on any atom is 0.164 e. The van der Waals surface area contributed by atoms with Crippen LogP contribution in [0.3, 0.4) is 0 Å². The number of benzene rings is 7. The number of rotatable bonds is 7. The second kappa shape index (κ2) is 14.0. The quantitative estimate of drug-likeness (QED) is 0.164. The monoisotopic (exact) mass is 721 g/mol. The van der Waals surface area contributed by atoms with Crippen LogP contribution in [0.25, 0.3) is 99.4 Å². The van der Waals surface area contributed by atoms with Crippen molar-refractivity contribution in [2.45, 2.75) is 0 Å². The molecule has 5 nitrogen and oxygen atoms in total. The molecule has 3 heterocycles. The summed E-state index contributed by atoms with van der Waals surface area (Å²) >= 11 is 1.81. The minimum absolute atomic E-state index is 0.581. The molecule has 0 atom stereocenters. The highest BCUT2D eigenvalue weighted by molar-refractivity contribution is 7.25. The van der Waals surface area contributed by atoms with Crippen molar-refractivity contribution in [2.75, 3.05) is 0 Å². The number of hydrogen-bond donors (Lipinski definition) is 0. The van der Waals surface area contributed by atoms with Gasteiger partial charge >= 0.3 is 0 Å². The van der Waals surface area contributed by atoms with E-state index in [0.717, 1.165) is 50.3 Å². The summed E-state index contributed by atoms with van der Waals surface area (Å²) < 4.78 is 2.51. The largest absolute Gasteiger partial charge is 0.228 e. The molecule has 0 saturated heterocycles. The lowest BCUT2D eigenvalue weighted by atomic mass is 10.0. The van der Waals surface area contributed by atoms with Crippen LogP contribution < -0.4 is 0 Å². The predicted octanol–water partition coefficient (Wildman–Crippen LogP) is 12.7. The topological polar surface area (TPSA) is 64.5 Å². The second-order valence-electron chi connectivity index (χ2n) is 13.3. The van der Waals surface area contributed by atoms with Gasteiger partial charge in [-0.15, -0.1) is 11.3 Å². The van der Waals surface area contributed by atoms with Gasteiger partial charge in [0.2, 0.25) is 0 Å². The maximum absolute atomic E-state index is 5.23. The SMILES string of the molecule is c1ccc(-c2ccc(-c3cc(-c4ccc5c(c4)sc4ccccc45)nc(-c4cccc(-c5nc(-c6ccccc6)nc(-c6ccccc6)n5)c4)n3)cc2)cc1. The Bertz CT molecular complexity index is 2900. The first-order valence-corrected chi connectivity index (χ1v) is 19.0. The summed E-state index contributed by atoms with van der Waals surface area (Å²) in [5.41, 5.74) is 9.66. The third kappa shape index (κ3) is 6.45. The van der Waals surface area contributed by atoms with E-state index in [2.05, 4.69) is 109 Å². The first-order chi connectivity index (χ1) is 27.2. The Balaban J connectivity index is 1.11. The van der Waals surface area contributed by atoms with Crippen molar-refractivity contribution in [1.82, 2.24) is 24.9 Å². The van der Waals surface area contributed by atoms with Crippen LogP contribution in [0, 0.1) is 0 Å². The van der Waals surface area contributed by atoms with Crippen LogP contribution in [0.2, 0.25) is 0 Å². The zero-order valence-electron chi connectivity index (χ0n) is 29.5. The zero-order valence-corrected chi connectivity index (χ0v) is 30.4. The summed E-state index contributed by atoms with van der Waals surface area (Å²) in [6.45, 7) is 0. The van der Waals surface area contributed by atoms with Gasteiger partial charge in [0.05, 0.1) is 11.4 Å². The summed E-state index contributed by atoms with van der Waals surface area (Å²) in [7, 11) is 0. The van der Waals surface area contributed by atoms with Gasteiger partial charge in [-0.3, -0.25) is 0 Å². The van der Waals surface area contributed by atoms with Crippen molar-refractivity contribution in [2.24, 2.45) is 0 Å². The van der Waals surface area contributed by atoms with Gasteiger partial charge in [0.1, 0.15) is 0 Å². The van der Waals surface area contributed by atoms with Crippen molar-refractivity contribution in [3.8, 4) is 79.2 Å². The lowest BCUT2D eigenvalue weighted by Gasteiger charge is -2.12. The zero-order chi connectivity index (χ0) is 36.6. The molecule has 0 aliphatic rings. The third-order valence-electron chi connectivity index (χ3n) is 9.77. The summed E-state index contributed by atoms with van der Waals surface area (Å²) in [5.74, 6) is 2.44. The fourth-order valence-electron chi connectivity index (χ4n) is 6.96.